The molecule has 1 N–H and O–H groups in total. The monoisotopic (exact) mass is 400 g/mol. The molecule has 2 nitrogen and oxygen atoms in total. The highest BCUT2D eigenvalue weighted by molar-refractivity contribution is 9.13. The Hall–Kier alpha value is 0.1000. The third kappa shape index (κ3) is 3.13. The van der Waals surface area contributed by atoms with Crippen LogP contribution in [0.25, 0.3) is 0 Å². The molecule has 1 saturated heterocycles. The summed E-state index contributed by atoms with van der Waals surface area (Å²) in [6.45, 7) is 2.38. The van der Waals surface area contributed by atoms with Crippen molar-refractivity contribution in [2.45, 2.75) is 37.8 Å². The Labute approximate surface area is 138 Å². The topological polar surface area (TPSA) is 15.3 Å². The van der Waals surface area contributed by atoms with Gasteiger partial charge in [-0.05, 0) is 101 Å². The fourth-order valence-electron chi connectivity index (χ4n) is 3.56. The highest BCUT2D eigenvalue weighted by atomic mass is 79.9. The van der Waals surface area contributed by atoms with E-state index in [-0.39, 0.29) is 0 Å². The lowest BCUT2D eigenvalue weighted by Crippen LogP contribution is -2.43. The first-order valence-corrected chi connectivity index (χ1v) is 9.14. The lowest BCUT2D eigenvalue weighted by Gasteiger charge is -2.42. The number of piperidine rings is 1. The predicted octanol–water partition coefficient (Wildman–Crippen LogP) is 4.35. The highest BCUT2D eigenvalue weighted by Gasteiger charge is 2.40. The molecule has 0 amide bonds. The molecule has 0 radical (unpaired) electrons. The number of likely N-dealkylation sites (tertiary alicyclic amines) is 1. The zero-order valence-electron chi connectivity index (χ0n) is 11.9. The molecule has 2 unspecified atom stereocenters. The van der Waals surface area contributed by atoms with E-state index in [0.717, 1.165) is 23.0 Å². The standard InChI is InChI=1S/C16H22Br2N2/c1-19-10-12-3-2-8-20(13-5-6-13)16(12)11-4-7-14(17)15(18)9-11/h4,7,9,12-13,16,19H,2-3,5-6,8,10H2,1H3. The summed E-state index contributed by atoms with van der Waals surface area (Å²) in [5.74, 6) is 0.724. The van der Waals surface area contributed by atoms with Gasteiger partial charge in [0.25, 0.3) is 0 Å². The molecule has 1 aromatic carbocycles. The van der Waals surface area contributed by atoms with E-state index in [1.165, 1.54) is 42.3 Å². The maximum Gasteiger partial charge on any atom is 0.0391 e. The van der Waals surface area contributed by atoms with Crippen molar-refractivity contribution in [3.8, 4) is 0 Å². The van der Waals surface area contributed by atoms with E-state index < -0.39 is 0 Å². The summed E-state index contributed by atoms with van der Waals surface area (Å²) < 4.78 is 2.31. The van der Waals surface area contributed by atoms with Crippen LogP contribution in [0.2, 0.25) is 0 Å². The van der Waals surface area contributed by atoms with Crippen LogP contribution in [0.15, 0.2) is 27.1 Å². The number of hydrogen-bond donors (Lipinski definition) is 1. The third-order valence-electron chi connectivity index (χ3n) is 4.56. The molecule has 2 aliphatic rings. The van der Waals surface area contributed by atoms with Crippen LogP contribution in [-0.2, 0) is 0 Å². The van der Waals surface area contributed by atoms with Crippen LogP contribution in [0, 0.1) is 5.92 Å². The van der Waals surface area contributed by atoms with Crippen molar-refractivity contribution in [3.05, 3.63) is 32.7 Å². The molecule has 2 atom stereocenters. The van der Waals surface area contributed by atoms with Gasteiger partial charge in [-0.1, -0.05) is 6.07 Å². The van der Waals surface area contributed by atoms with Crippen molar-refractivity contribution in [1.29, 1.82) is 0 Å². The van der Waals surface area contributed by atoms with E-state index in [0.29, 0.717) is 6.04 Å². The molecule has 110 valence electrons. The number of nitrogens with one attached hydrogen (secondary N) is 1. The van der Waals surface area contributed by atoms with Crippen LogP contribution in [0.3, 0.4) is 0 Å². The van der Waals surface area contributed by atoms with E-state index in [4.69, 9.17) is 0 Å². The quantitative estimate of drug-likeness (QED) is 0.806. The molecule has 0 bridgehead atoms. The SMILES string of the molecule is CNCC1CCCN(C2CC2)C1c1ccc(Br)c(Br)c1. The fraction of sp³-hybridized carbons (Fsp3) is 0.625. The van der Waals surface area contributed by atoms with Crippen molar-refractivity contribution >= 4 is 31.9 Å². The minimum atomic E-state index is 0.577. The van der Waals surface area contributed by atoms with Gasteiger partial charge in [-0.3, -0.25) is 4.90 Å². The van der Waals surface area contributed by atoms with Crippen molar-refractivity contribution in [2.75, 3.05) is 20.1 Å². The van der Waals surface area contributed by atoms with Crippen LogP contribution in [0.5, 0.6) is 0 Å². The number of hydrogen-bond acceptors (Lipinski definition) is 2. The van der Waals surface area contributed by atoms with Crippen molar-refractivity contribution in [2.24, 2.45) is 5.92 Å². The van der Waals surface area contributed by atoms with E-state index in [1.807, 2.05) is 0 Å². The van der Waals surface area contributed by atoms with Gasteiger partial charge in [-0.15, -0.1) is 0 Å². The molecule has 0 spiro atoms. The normalized spacial score (nSPS) is 27.8. The molecule has 1 aromatic rings. The average Bonchev–Trinajstić information content (AvgIpc) is 3.27. The van der Waals surface area contributed by atoms with Gasteiger partial charge in [0.2, 0.25) is 0 Å². The number of halogens is 2. The molecule has 0 aromatic heterocycles. The summed E-state index contributed by atoms with van der Waals surface area (Å²) in [6, 6.07) is 8.19. The van der Waals surface area contributed by atoms with Gasteiger partial charge >= 0.3 is 0 Å². The van der Waals surface area contributed by atoms with Gasteiger partial charge in [0.15, 0.2) is 0 Å². The van der Waals surface area contributed by atoms with Crippen LogP contribution in [0.1, 0.15) is 37.3 Å². The Morgan fingerprint density at radius 1 is 1.20 bits per heavy atom. The number of nitrogens with zero attached hydrogens (tertiary/aromatic N) is 1. The first kappa shape index (κ1) is 15.0. The molecule has 1 saturated carbocycles. The molecule has 1 aliphatic heterocycles. The minimum absolute atomic E-state index is 0.577. The van der Waals surface area contributed by atoms with Gasteiger partial charge in [0.1, 0.15) is 0 Å². The third-order valence-corrected chi connectivity index (χ3v) is 6.44. The maximum atomic E-state index is 3.66. The summed E-state index contributed by atoms with van der Waals surface area (Å²) in [6.07, 6.45) is 5.46. The second-order valence-corrected chi connectivity index (χ2v) is 7.76. The zero-order chi connectivity index (χ0) is 14.1. The molecule has 2 fully saturated rings. The van der Waals surface area contributed by atoms with Gasteiger partial charge in [0, 0.05) is 21.0 Å². The predicted molar refractivity (Wildman–Crippen MR) is 91.0 cm³/mol. The van der Waals surface area contributed by atoms with Crippen molar-refractivity contribution in [3.63, 3.8) is 0 Å². The molecule has 1 aliphatic carbocycles. The Morgan fingerprint density at radius 3 is 2.65 bits per heavy atom. The van der Waals surface area contributed by atoms with Crippen LogP contribution < -0.4 is 5.32 Å². The molecule has 20 heavy (non-hydrogen) atoms. The van der Waals surface area contributed by atoms with E-state index in [1.54, 1.807) is 0 Å². The Morgan fingerprint density at radius 2 is 2.00 bits per heavy atom. The lowest BCUT2D eigenvalue weighted by atomic mass is 9.84. The van der Waals surface area contributed by atoms with Crippen LogP contribution >= 0.6 is 31.9 Å². The summed E-state index contributed by atoms with van der Waals surface area (Å²) in [5, 5.41) is 3.40. The van der Waals surface area contributed by atoms with Crippen LogP contribution in [0.4, 0.5) is 0 Å². The fourth-order valence-corrected chi connectivity index (χ4v) is 4.20. The lowest BCUT2D eigenvalue weighted by molar-refractivity contribution is 0.0845. The van der Waals surface area contributed by atoms with E-state index in [2.05, 4.69) is 67.3 Å². The summed E-state index contributed by atoms with van der Waals surface area (Å²) >= 11 is 7.25. The average molecular weight is 402 g/mol. The van der Waals surface area contributed by atoms with Gasteiger partial charge in [-0.2, -0.15) is 0 Å². The van der Waals surface area contributed by atoms with E-state index in [9.17, 15) is 0 Å². The van der Waals surface area contributed by atoms with Crippen molar-refractivity contribution in [1.82, 2.24) is 10.2 Å². The molecule has 4 heteroatoms. The first-order valence-electron chi connectivity index (χ1n) is 7.56. The van der Waals surface area contributed by atoms with Gasteiger partial charge in [0.05, 0.1) is 0 Å². The van der Waals surface area contributed by atoms with E-state index >= 15 is 0 Å². The first-order chi connectivity index (χ1) is 9.70. The Kier molecular flexibility index (Phi) is 4.86. The highest BCUT2D eigenvalue weighted by Crippen LogP contribution is 2.43. The minimum Gasteiger partial charge on any atom is -0.319 e. The largest absolute Gasteiger partial charge is 0.319 e. The molecule has 3 rings (SSSR count). The van der Waals surface area contributed by atoms with Gasteiger partial charge < -0.3 is 5.32 Å². The van der Waals surface area contributed by atoms with Gasteiger partial charge in [-0.25, -0.2) is 0 Å². The second-order valence-electron chi connectivity index (χ2n) is 6.05. The van der Waals surface area contributed by atoms with Crippen LogP contribution in [-0.4, -0.2) is 31.1 Å². The molecular formula is C16H22Br2N2. The summed E-state index contributed by atoms with van der Waals surface area (Å²) in [5.41, 5.74) is 1.46. The number of rotatable bonds is 4. The zero-order valence-corrected chi connectivity index (χ0v) is 15.1. The Bertz CT molecular complexity index is 472. The van der Waals surface area contributed by atoms with Crippen molar-refractivity contribution < 1.29 is 0 Å². The number of benzene rings is 1. The summed E-state index contributed by atoms with van der Waals surface area (Å²) in [7, 11) is 2.07. The smallest absolute Gasteiger partial charge is 0.0391 e. The maximum absolute atomic E-state index is 3.66. The second kappa shape index (κ2) is 6.47. The Balaban J connectivity index is 1.91. The molecule has 1 heterocycles. The summed E-state index contributed by atoms with van der Waals surface area (Å²) in [4.78, 5) is 2.77. The molecular weight excluding hydrogens is 380 g/mol.